The maximum Gasteiger partial charge on any atom is 0.274 e. The van der Waals surface area contributed by atoms with Gasteiger partial charge in [0, 0.05) is 26.7 Å². The Labute approximate surface area is 108 Å². The molecule has 0 aromatic carbocycles. The second-order valence-corrected chi connectivity index (χ2v) is 4.04. The molecule has 0 atom stereocenters. The summed E-state index contributed by atoms with van der Waals surface area (Å²) in [5.41, 5.74) is 7.59. The van der Waals surface area contributed by atoms with Crippen LogP contribution >= 0.6 is 0 Å². The summed E-state index contributed by atoms with van der Waals surface area (Å²) in [7, 11) is 1.62. The molecule has 18 heavy (non-hydrogen) atoms. The molecule has 0 unspecified atom stereocenters. The van der Waals surface area contributed by atoms with E-state index in [1.54, 1.807) is 16.7 Å². The summed E-state index contributed by atoms with van der Waals surface area (Å²) in [4.78, 5) is 14.1. The summed E-state index contributed by atoms with van der Waals surface area (Å²) in [5.74, 6) is -0.0884. The van der Waals surface area contributed by atoms with E-state index in [0.29, 0.717) is 43.3 Å². The number of ether oxygens (including phenoxy) is 1. The van der Waals surface area contributed by atoms with Crippen LogP contribution in [0.4, 0.5) is 5.69 Å². The van der Waals surface area contributed by atoms with Gasteiger partial charge in [0.2, 0.25) is 0 Å². The lowest BCUT2D eigenvalue weighted by molar-refractivity contribution is 0.0695. The molecule has 0 aliphatic rings. The molecule has 1 rings (SSSR count). The van der Waals surface area contributed by atoms with Gasteiger partial charge in [-0.05, 0) is 20.8 Å². The van der Waals surface area contributed by atoms with E-state index in [9.17, 15) is 4.79 Å². The molecule has 0 aliphatic heterocycles. The molecule has 1 amide bonds. The topological polar surface area (TPSA) is 73.4 Å². The van der Waals surface area contributed by atoms with Crippen LogP contribution in [0.3, 0.4) is 0 Å². The SMILES string of the molecule is CCN(CCOC)C(=O)c1c(N)c(C)nn1CC. The van der Waals surface area contributed by atoms with Gasteiger partial charge >= 0.3 is 0 Å². The molecule has 6 nitrogen and oxygen atoms in total. The third-order valence-corrected chi connectivity index (χ3v) is 2.91. The molecule has 2 N–H and O–H groups in total. The van der Waals surface area contributed by atoms with E-state index in [1.165, 1.54) is 0 Å². The van der Waals surface area contributed by atoms with Gasteiger partial charge in [-0.15, -0.1) is 0 Å². The number of anilines is 1. The Morgan fingerprint density at radius 1 is 1.50 bits per heavy atom. The summed E-state index contributed by atoms with van der Waals surface area (Å²) in [6.07, 6.45) is 0. The molecular weight excluding hydrogens is 232 g/mol. The number of aryl methyl sites for hydroxylation is 2. The molecule has 1 heterocycles. The van der Waals surface area contributed by atoms with Crippen molar-refractivity contribution in [1.29, 1.82) is 0 Å². The summed E-state index contributed by atoms with van der Waals surface area (Å²) in [6, 6.07) is 0. The minimum atomic E-state index is -0.0884. The van der Waals surface area contributed by atoms with Crippen molar-refractivity contribution < 1.29 is 9.53 Å². The highest BCUT2D eigenvalue weighted by atomic mass is 16.5. The monoisotopic (exact) mass is 254 g/mol. The smallest absolute Gasteiger partial charge is 0.274 e. The number of carbonyl (C=O) groups excluding carboxylic acids is 1. The van der Waals surface area contributed by atoms with Gasteiger partial charge in [0.25, 0.3) is 5.91 Å². The van der Waals surface area contributed by atoms with Gasteiger partial charge in [-0.3, -0.25) is 9.48 Å². The molecule has 1 aromatic heterocycles. The Balaban J connectivity index is 3.00. The van der Waals surface area contributed by atoms with Crippen molar-refractivity contribution in [3.63, 3.8) is 0 Å². The number of rotatable bonds is 6. The molecular formula is C12H22N4O2. The first-order chi connectivity index (χ1) is 8.56. The Bertz CT molecular complexity index is 414. The fraction of sp³-hybridized carbons (Fsp3) is 0.667. The summed E-state index contributed by atoms with van der Waals surface area (Å²) in [6.45, 7) is 8.00. The average molecular weight is 254 g/mol. The second kappa shape index (κ2) is 6.39. The molecule has 6 heteroatoms. The van der Waals surface area contributed by atoms with Crippen LogP contribution in [0.2, 0.25) is 0 Å². The number of amides is 1. The average Bonchev–Trinajstić information content (AvgIpc) is 2.66. The fourth-order valence-corrected chi connectivity index (χ4v) is 1.80. The van der Waals surface area contributed by atoms with Crippen LogP contribution in [0.15, 0.2) is 0 Å². The molecule has 1 aromatic rings. The lowest BCUT2D eigenvalue weighted by Gasteiger charge is -2.21. The number of aromatic nitrogens is 2. The number of nitrogens with two attached hydrogens (primary N) is 1. The highest BCUT2D eigenvalue weighted by molar-refractivity contribution is 5.98. The number of nitrogen functional groups attached to an aromatic ring is 1. The number of hydrogen-bond acceptors (Lipinski definition) is 4. The summed E-state index contributed by atoms with van der Waals surface area (Å²) < 4.78 is 6.66. The van der Waals surface area contributed by atoms with Crippen molar-refractivity contribution in [3.8, 4) is 0 Å². The molecule has 0 spiro atoms. The molecule has 0 saturated heterocycles. The van der Waals surface area contributed by atoms with Gasteiger partial charge in [0.05, 0.1) is 18.0 Å². The Kier molecular flexibility index (Phi) is 5.15. The second-order valence-electron chi connectivity index (χ2n) is 4.04. The minimum Gasteiger partial charge on any atom is -0.395 e. The molecule has 0 saturated carbocycles. The molecule has 0 aliphatic carbocycles. The van der Waals surface area contributed by atoms with E-state index in [4.69, 9.17) is 10.5 Å². The first-order valence-electron chi connectivity index (χ1n) is 6.17. The molecule has 0 bridgehead atoms. The van der Waals surface area contributed by atoms with Gasteiger partial charge in [-0.1, -0.05) is 0 Å². The van der Waals surface area contributed by atoms with Crippen molar-refractivity contribution in [2.45, 2.75) is 27.3 Å². The lowest BCUT2D eigenvalue weighted by atomic mass is 10.2. The number of likely N-dealkylation sites (N-methyl/N-ethyl adjacent to an activating group) is 1. The maximum absolute atomic E-state index is 12.4. The zero-order valence-electron chi connectivity index (χ0n) is 11.6. The van der Waals surface area contributed by atoms with E-state index in [-0.39, 0.29) is 5.91 Å². The molecule has 0 fully saturated rings. The largest absolute Gasteiger partial charge is 0.395 e. The van der Waals surface area contributed by atoms with Crippen LogP contribution in [0.1, 0.15) is 30.0 Å². The number of nitrogens with zero attached hydrogens (tertiary/aromatic N) is 3. The Morgan fingerprint density at radius 2 is 2.17 bits per heavy atom. The van der Waals surface area contributed by atoms with Crippen molar-refractivity contribution in [1.82, 2.24) is 14.7 Å². The van der Waals surface area contributed by atoms with Gasteiger partial charge in [-0.2, -0.15) is 5.10 Å². The predicted molar refractivity (Wildman–Crippen MR) is 70.5 cm³/mol. The Hall–Kier alpha value is -1.56. The molecule has 0 radical (unpaired) electrons. The first-order valence-corrected chi connectivity index (χ1v) is 6.17. The van der Waals surface area contributed by atoms with Crippen molar-refractivity contribution in [2.75, 3.05) is 32.5 Å². The van der Waals surface area contributed by atoms with E-state index >= 15 is 0 Å². The first kappa shape index (κ1) is 14.5. The zero-order valence-corrected chi connectivity index (χ0v) is 11.6. The van der Waals surface area contributed by atoms with Crippen LogP contribution in [0.5, 0.6) is 0 Å². The van der Waals surface area contributed by atoms with Crippen LogP contribution in [0.25, 0.3) is 0 Å². The third-order valence-electron chi connectivity index (χ3n) is 2.91. The highest BCUT2D eigenvalue weighted by Gasteiger charge is 2.23. The molecule has 102 valence electrons. The predicted octanol–water partition coefficient (Wildman–Crippen LogP) is 0.902. The normalized spacial score (nSPS) is 10.7. The highest BCUT2D eigenvalue weighted by Crippen LogP contribution is 2.18. The summed E-state index contributed by atoms with van der Waals surface area (Å²) >= 11 is 0. The van der Waals surface area contributed by atoms with Gasteiger partial charge in [0.15, 0.2) is 0 Å². The zero-order chi connectivity index (χ0) is 13.7. The van der Waals surface area contributed by atoms with E-state index < -0.39 is 0 Å². The van der Waals surface area contributed by atoms with E-state index in [2.05, 4.69) is 5.10 Å². The maximum atomic E-state index is 12.4. The van der Waals surface area contributed by atoms with Crippen LogP contribution < -0.4 is 5.73 Å². The van der Waals surface area contributed by atoms with Crippen LogP contribution in [-0.4, -0.2) is 47.4 Å². The van der Waals surface area contributed by atoms with E-state index in [1.807, 2.05) is 20.8 Å². The van der Waals surface area contributed by atoms with Gasteiger partial charge in [-0.25, -0.2) is 0 Å². The summed E-state index contributed by atoms with van der Waals surface area (Å²) in [5, 5.41) is 4.26. The quantitative estimate of drug-likeness (QED) is 0.818. The lowest BCUT2D eigenvalue weighted by Crippen LogP contribution is -2.35. The van der Waals surface area contributed by atoms with Crippen molar-refractivity contribution in [3.05, 3.63) is 11.4 Å². The van der Waals surface area contributed by atoms with Crippen molar-refractivity contribution >= 4 is 11.6 Å². The Morgan fingerprint density at radius 3 is 2.67 bits per heavy atom. The number of carbonyl (C=O) groups is 1. The van der Waals surface area contributed by atoms with Crippen molar-refractivity contribution in [2.24, 2.45) is 0 Å². The number of methoxy groups -OCH3 is 1. The fourth-order valence-electron chi connectivity index (χ4n) is 1.80. The van der Waals surface area contributed by atoms with Gasteiger partial charge < -0.3 is 15.4 Å². The van der Waals surface area contributed by atoms with E-state index in [0.717, 1.165) is 0 Å². The minimum absolute atomic E-state index is 0.0884. The number of hydrogen-bond donors (Lipinski definition) is 1. The van der Waals surface area contributed by atoms with Crippen LogP contribution in [0, 0.1) is 6.92 Å². The van der Waals surface area contributed by atoms with Gasteiger partial charge in [0.1, 0.15) is 5.69 Å². The van der Waals surface area contributed by atoms with Crippen LogP contribution in [-0.2, 0) is 11.3 Å². The third kappa shape index (κ3) is 2.81. The standard InChI is InChI=1S/C12H22N4O2/c1-5-15(7-8-18-4)12(17)11-10(13)9(3)14-16(11)6-2/h5-8,13H2,1-4H3.